The maximum Gasteiger partial charge on any atom is 0.417 e. The molecule has 1 aromatic carbocycles. The number of alkyl halides is 6. The van der Waals surface area contributed by atoms with Crippen molar-refractivity contribution in [2.24, 2.45) is 5.92 Å². The van der Waals surface area contributed by atoms with Crippen molar-refractivity contribution in [2.75, 3.05) is 11.5 Å². The molecule has 0 saturated carbocycles. The predicted octanol–water partition coefficient (Wildman–Crippen LogP) is 5.28. The lowest BCUT2D eigenvalue weighted by molar-refractivity contribution is -0.142. The molecule has 1 aromatic rings. The molecule has 0 radical (unpaired) electrons. The van der Waals surface area contributed by atoms with Crippen molar-refractivity contribution < 1.29 is 26.3 Å². The van der Waals surface area contributed by atoms with Crippen LogP contribution in [-0.2, 0) is 18.8 Å². The van der Waals surface area contributed by atoms with Crippen molar-refractivity contribution in [3.63, 3.8) is 0 Å². The average Bonchev–Trinajstić information content (AvgIpc) is 2.21. The van der Waals surface area contributed by atoms with Gasteiger partial charge < -0.3 is 0 Å². The first-order chi connectivity index (χ1) is 9.09. The molecule has 1 aliphatic rings. The van der Waals surface area contributed by atoms with Crippen LogP contribution in [0.3, 0.4) is 0 Å². The minimum Gasteiger partial charge on any atom is -0.166 e. The van der Waals surface area contributed by atoms with Gasteiger partial charge in [-0.3, -0.25) is 0 Å². The summed E-state index contributed by atoms with van der Waals surface area (Å²) in [6.45, 7) is 0. The van der Waals surface area contributed by atoms with Crippen LogP contribution in [-0.4, -0.2) is 11.5 Å². The largest absolute Gasteiger partial charge is 0.417 e. The minimum atomic E-state index is -4.90. The van der Waals surface area contributed by atoms with Gasteiger partial charge in [0.05, 0.1) is 16.1 Å². The molecule has 1 saturated heterocycles. The molecule has 0 aliphatic carbocycles. The van der Waals surface area contributed by atoms with Crippen LogP contribution in [0.25, 0.3) is 0 Å². The van der Waals surface area contributed by atoms with Crippen LogP contribution in [0.15, 0.2) is 12.1 Å². The molecule has 0 nitrogen and oxygen atoms in total. The Morgan fingerprint density at radius 2 is 1.45 bits per heavy atom. The highest BCUT2D eigenvalue weighted by Gasteiger charge is 2.41. The van der Waals surface area contributed by atoms with Gasteiger partial charge in [0.2, 0.25) is 0 Å². The fraction of sp³-hybridized carbons (Fsp3) is 0.500. The zero-order valence-electron chi connectivity index (χ0n) is 9.91. The molecule has 1 aliphatic heterocycles. The molecule has 0 amide bonds. The third kappa shape index (κ3) is 3.36. The quantitative estimate of drug-likeness (QED) is 0.663. The summed E-state index contributed by atoms with van der Waals surface area (Å²) < 4.78 is 76.6. The fourth-order valence-electron chi connectivity index (χ4n) is 1.95. The van der Waals surface area contributed by atoms with Crippen molar-refractivity contribution in [3.8, 4) is 0 Å². The second-order valence-electron chi connectivity index (χ2n) is 4.61. The van der Waals surface area contributed by atoms with Gasteiger partial charge in [-0.1, -0.05) is 11.6 Å². The van der Waals surface area contributed by atoms with Crippen molar-refractivity contribution in [1.82, 2.24) is 0 Å². The van der Waals surface area contributed by atoms with Crippen LogP contribution in [0.1, 0.15) is 16.7 Å². The lowest BCUT2D eigenvalue weighted by Gasteiger charge is -2.26. The number of benzene rings is 1. The summed E-state index contributed by atoms with van der Waals surface area (Å²) in [4.78, 5) is 0. The maximum atomic E-state index is 12.8. The summed E-state index contributed by atoms with van der Waals surface area (Å²) in [5.74, 6) is 1.64. The monoisotopic (exact) mass is 334 g/mol. The fourth-order valence-corrected chi connectivity index (χ4v) is 3.08. The number of halogens is 7. The summed E-state index contributed by atoms with van der Waals surface area (Å²) in [6, 6.07) is 1.45. The van der Waals surface area contributed by atoms with Crippen LogP contribution in [0.2, 0.25) is 5.02 Å². The summed E-state index contributed by atoms with van der Waals surface area (Å²) in [5, 5.41) is -1.28. The third-order valence-corrected chi connectivity index (χ3v) is 4.80. The molecule has 0 bridgehead atoms. The molecule has 8 heteroatoms. The predicted molar refractivity (Wildman–Crippen MR) is 66.0 cm³/mol. The third-order valence-electron chi connectivity index (χ3n) is 2.97. The molecular formula is C12H9ClF6S. The second kappa shape index (κ2) is 5.33. The molecule has 0 spiro atoms. The van der Waals surface area contributed by atoms with E-state index >= 15 is 0 Å². The van der Waals surface area contributed by atoms with E-state index in [-0.39, 0.29) is 17.9 Å². The van der Waals surface area contributed by atoms with Crippen LogP contribution in [0.4, 0.5) is 26.3 Å². The van der Waals surface area contributed by atoms with E-state index < -0.39 is 28.5 Å². The van der Waals surface area contributed by atoms with E-state index in [0.29, 0.717) is 0 Å². The topological polar surface area (TPSA) is 0 Å². The smallest absolute Gasteiger partial charge is 0.166 e. The van der Waals surface area contributed by atoms with Gasteiger partial charge >= 0.3 is 12.4 Å². The van der Waals surface area contributed by atoms with Crippen LogP contribution in [0, 0.1) is 5.92 Å². The van der Waals surface area contributed by atoms with Crippen molar-refractivity contribution in [3.05, 3.63) is 33.8 Å². The standard InChI is InChI=1S/C12H9ClF6S/c13-10-8(11(14,15)16)2-6(1-7-4-20-5-7)3-9(10)12(17,18)19/h2-3,7H,1,4-5H2. The van der Waals surface area contributed by atoms with E-state index in [2.05, 4.69) is 0 Å². The second-order valence-corrected chi connectivity index (χ2v) is 6.06. The van der Waals surface area contributed by atoms with E-state index in [0.717, 1.165) is 23.6 Å². The Morgan fingerprint density at radius 1 is 1.00 bits per heavy atom. The van der Waals surface area contributed by atoms with Gasteiger partial charge in [0.25, 0.3) is 0 Å². The Hall–Kier alpha value is -0.560. The molecule has 112 valence electrons. The first-order valence-electron chi connectivity index (χ1n) is 5.63. The molecule has 2 rings (SSSR count). The lowest BCUT2D eigenvalue weighted by Crippen LogP contribution is -2.21. The lowest BCUT2D eigenvalue weighted by atomic mass is 9.97. The first-order valence-corrected chi connectivity index (χ1v) is 7.17. The van der Waals surface area contributed by atoms with Gasteiger partial charge in [0.15, 0.2) is 0 Å². The van der Waals surface area contributed by atoms with E-state index in [1.54, 1.807) is 11.8 Å². The summed E-state index contributed by atoms with van der Waals surface area (Å²) in [5.41, 5.74) is -2.81. The van der Waals surface area contributed by atoms with Crippen LogP contribution >= 0.6 is 23.4 Å². The molecule has 0 aromatic heterocycles. The highest BCUT2D eigenvalue weighted by molar-refractivity contribution is 8.00. The summed E-state index contributed by atoms with van der Waals surface area (Å²) >= 11 is 6.91. The van der Waals surface area contributed by atoms with Gasteiger partial charge in [-0.2, -0.15) is 38.1 Å². The summed E-state index contributed by atoms with van der Waals surface area (Å²) in [7, 11) is 0. The van der Waals surface area contributed by atoms with Gasteiger partial charge in [0, 0.05) is 0 Å². The van der Waals surface area contributed by atoms with E-state index in [1.807, 2.05) is 0 Å². The molecule has 1 heterocycles. The molecule has 0 unspecified atom stereocenters. The SMILES string of the molecule is FC(F)(F)c1cc(CC2CSC2)cc(C(F)(F)F)c1Cl. The number of hydrogen-bond acceptors (Lipinski definition) is 1. The Morgan fingerprint density at radius 3 is 1.75 bits per heavy atom. The van der Waals surface area contributed by atoms with Gasteiger partial charge in [-0.05, 0) is 41.5 Å². The maximum absolute atomic E-state index is 12.8. The highest BCUT2D eigenvalue weighted by atomic mass is 35.5. The van der Waals surface area contributed by atoms with Gasteiger partial charge in [-0.25, -0.2) is 0 Å². The minimum absolute atomic E-state index is 0.0272. The van der Waals surface area contributed by atoms with E-state index in [9.17, 15) is 26.3 Å². The molecule has 0 N–H and O–H groups in total. The van der Waals surface area contributed by atoms with Crippen molar-refractivity contribution in [1.29, 1.82) is 0 Å². The summed E-state index contributed by atoms with van der Waals surface area (Å²) in [6.07, 6.45) is -9.60. The molecule has 20 heavy (non-hydrogen) atoms. The molecule has 1 fully saturated rings. The van der Waals surface area contributed by atoms with Crippen molar-refractivity contribution in [2.45, 2.75) is 18.8 Å². The Labute approximate surface area is 120 Å². The first kappa shape index (κ1) is 15.8. The van der Waals surface area contributed by atoms with Gasteiger partial charge in [0.1, 0.15) is 0 Å². The zero-order valence-corrected chi connectivity index (χ0v) is 11.5. The van der Waals surface area contributed by atoms with Crippen LogP contribution in [0.5, 0.6) is 0 Å². The normalized spacial score (nSPS) is 17.1. The molecular weight excluding hydrogens is 326 g/mol. The molecule has 0 atom stereocenters. The van der Waals surface area contributed by atoms with E-state index in [4.69, 9.17) is 11.6 Å². The highest BCUT2D eigenvalue weighted by Crippen LogP contribution is 2.43. The van der Waals surface area contributed by atoms with Crippen LogP contribution < -0.4 is 0 Å². The van der Waals surface area contributed by atoms with Gasteiger partial charge in [-0.15, -0.1) is 0 Å². The Bertz CT molecular complexity index is 469. The number of rotatable bonds is 2. The zero-order chi connectivity index (χ0) is 15.1. The van der Waals surface area contributed by atoms with Crippen molar-refractivity contribution >= 4 is 23.4 Å². The number of thioether (sulfide) groups is 1. The Balaban J connectivity index is 2.47. The number of hydrogen-bond donors (Lipinski definition) is 0. The average molecular weight is 335 g/mol. The Kier molecular flexibility index (Phi) is 4.22. The van der Waals surface area contributed by atoms with E-state index in [1.165, 1.54) is 0 Å².